The summed E-state index contributed by atoms with van der Waals surface area (Å²) < 4.78 is 0. The molecule has 0 amide bonds. The predicted molar refractivity (Wildman–Crippen MR) is 76.3 cm³/mol. The molecule has 0 spiro atoms. The van der Waals surface area contributed by atoms with Gasteiger partial charge in [-0.05, 0) is 33.4 Å². The van der Waals surface area contributed by atoms with Crippen LogP contribution in [-0.4, -0.2) is 48.2 Å². The first kappa shape index (κ1) is 13.8. The van der Waals surface area contributed by atoms with Gasteiger partial charge in [0.15, 0.2) is 5.13 Å². The fourth-order valence-corrected chi connectivity index (χ4v) is 3.70. The van der Waals surface area contributed by atoms with Crippen LogP contribution in [0.25, 0.3) is 0 Å². The molecular weight excluding hydrogens is 246 g/mol. The van der Waals surface area contributed by atoms with E-state index in [-0.39, 0.29) is 6.61 Å². The lowest BCUT2D eigenvalue weighted by atomic mass is 10.2. The maximum absolute atomic E-state index is 9.36. The van der Waals surface area contributed by atoms with Gasteiger partial charge in [-0.3, -0.25) is 0 Å². The summed E-state index contributed by atoms with van der Waals surface area (Å²) in [6.45, 7) is 4.39. The Morgan fingerprint density at radius 2 is 2.28 bits per heavy atom. The first-order valence-electron chi connectivity index (χ1n) is 6.66. The van der Waals surface area contributed by atoms with Gasteiger partial charge in [0.1, 0.15) is 0 Å². The lowest BCUT2D eigenvalue weighted by Crippen LogP contribution is -2.37. The highest BCUT2D eigenvalue weighted by atomic mass is 32.1. The number of aliphatic hydroxyl groups excluding tert-OH is 1. The second kappa shape index (κ2) is 5.99. The lowest BCUT2D eigenvalue weighted by Gasteiger charge is -2.26. The summed E-state index contributed by atoms with van der Waals surface area (Å²) in [4.78, 5) is 10.4. The molecule has 1 saturated heterocycles. The third-order valence-corrected chi connectivity index (χ3v) is 4.56. The van der Waals surface area contributed by atoms with Crippen molar-refractivity contribution in [2.24, 2.45) is 0 Å². The maximum Gasteiger partial charge on any atom is 0.186 e. The molecule has 0 bridgehead atoms. The summed E-state index contributed by atoms with van der Waals surface area (Å²) in [5.41, 5.74) is 1.06. The van der Waals surface area contributed by atoms with E-state index in [1.165, 1.54) is 12.8 Å². The minimum absolute atomic E-state index is 0.118. The van der Waals surface area contributed by atoms with E-state index in [9.17, 15) is 5.11 Å². The third-order valence-electron chi connectivity index (χ3n) is 3.44. The van der Waals surface area contributed by atoms with E-state index in [0.717, 1.165) is 35.2 Å². The number of anilines is 1. The summed E-state index contributed by atoms with van der Waals surface area (Å²) in [6, 6.07) is 0.572. The zero-order valence-corrected chi connectivity index (χ0v) is 12.3. The van der Waals surface area contributed by atoms with Crippen molar-refractivity contribution in [1.29, 1.82) is 0 Å². The van der Waals surface area contributed by atoms with Crippen molar-refractivity contribution < 1.29 is 5.11 Å². The number of aliphatic hydroxyl groups is 1. The van der Waals surface area contributed by atoms with Crippen molar-refractivity contribution in [2.45, 2.75) is 38.8 Å². The molecule has 5 heteroatoms. The molecule has 1 N–H and O–H groups in total. The second-order valence-corrected chi connectivity index (χ2v) is 6.19. The Morgan fingerprint density at radius 3 is 2.83 bits per heavy atom. The normalized spacial score (nSPS) is 20.1. The van der Waals surface area contributed by atoms with Gasteiger partial charge in [0.2, 0.25) is 0 Å². The first-order chi connectivity index (χ1) is 8.65. The average Bonchev–Trinajstić information content (AvgIpc) is 2.93. The molecule has 1 aromatic rings. The first-order valence-corrected chi connectivity index (χ1v) is 7.48. The highest BCUT2D eigenvalue weighted by molar-refractivity contribution is 7.15. The minimum atomic E-state index is 0.118. The highest BCUT2D eigenvalue weighted by Gasteiger charge is 2.27. The molecule has 2 rings (SSSR count). The van der Waals surface area contributed by atoms with Gasteiger partial charge < -0.3 is 14.9 Å². The highest BCUT2D eigenvalue weighted by Crippen LogP contribution is 2.32. The van der Waals surface area contributed by atoms with Gasteiger partial charge >= 0.3 is 0 Å². The van der Waals surface area contributed by atoms with Crippen molar-refractivity contribution in [1.82, 2.24) is 9.88 Å². The molecule has 1 atom stereocenters. The molecule has 0 aromatic carbocycles. The van der Waals surface area contributed by atoms with Gasteiger partial charge in [0.05, 0.1) is 17.2 Å². The van der Waals surface area contributed by atoms with E-state index in [4.69, 9.17) is 4.98 Å². The molecular formula is C13H23N3OS. The van der Waals surface area contributed by atoms with Crippen LogP contribution in [0.15, 0.2) is 0 Å². The molecule has 2 heterocycles. The summed E-state index contributed by atoms with van der Waals surface area (Å²) in [5, 5.41) is 10.5. The molecule has 102 valence electrons. The number of aryl methyl sites for hydroxylation is 1. The van der Waals surface area contributed by atoms with Crippen molar-refractivity contribution in [3.63, 3.8) is 0 Å². The number of likely N-dealkylation sites (N-methyl/N-ethyl adjacent to an activating group) is 1. The molecule has 0 aliphatic carbocycles. The quantitative estimate of drug-likeness (QED) is 0.883. The summed E-state index contributed by atoms with van der Waals surface area (Å²) in [7, 11) is 4.24. The molecule has 1 unspecified atom stereocenters. The Kier molecular flexibility index (Phi) is 4.59. The van der Waals surface area contributed by atoms with Crippen LogP contribution in [0.5, 0.6) is 0 Å². The summed E-state index contributed by atoms with van der Waals surface area (Å²) in [6.07, 6.45) is 3.39. The third kappa shape index (κ3) is 2.84. The fourth-order valence-electron chi connectivity index (χ4n) is 2.59. The van der Waals surface area contributed by atoms with Gasteiger partial charge in [0.25, 0.3) is 0 Å². The number of aromatic nitrogens is 1. The molecule has 1 aromatic heterocycles. The van der Waals surface area contributed by atoms with Crippen molar-refractivity contribution >= 4 is 16.5 Å². The standard InChI is InChI=1S/C13H23N3OS/c1-4-11-12(9-17)18-13(14-11)16-7-5-6-10(16)8-15(2)3/h10,17H,4-9H2,1-3H3. The molecule has 1 aliphatic heterocycles. The van der Waals surface area contributed by atoms with Crippen molar-refractivity contribution in [3.05, 3.63) is 10.6 Å². The Labute approximate surface area is 113 Å². The number of rotatable bonds is 5. The Bertz CT molecular complexity index is 370. The predicted octanol–water partition coefficient (Wildman–Crippen LogP) is 1.73. The van der Waals surface area contributed by atoms with Gasteiger partial charge in [-0.2, -0.15) is 0 Å². The minimum Gasteiger partial charge on any atom is -0.391 e. The van der Waals surface area contributed by atoms with Gasteiger partial charge in [-0.1, -0.05) is 18.3 Å². The Hall–Kier alpha value is -0.650. The molecule has 0 radical (unpaired) electrons. The SMILES string of the molecule is CCc1nc(N2CCCC2CN(C)C)sc1CO. The van der Waals surface area contributed by atoms with Crippen LogP contribution in [0.4, 0.5) is 5.13 Å². The smallest absolute Gasteiger partial charge is 0.186 e. The lowest BCUT2D eigenvalue weighted by molar-refractivity contribution is 0.284. The second-order valence-electron chi connectivity index (χ2n) is 5.13. The van der Waals surface area contributed by atoms with E-state index >= 15 is 0 Å². The number of thiazole rings is 1. The zero-order chi connectivity index (χ0) is 13.1. The van der Waals surface area contributed by atoms with Gasteiger partial charge in [0, 0.05) is 19.1 Å². The Morgan fingerprint density at radius 1 is 1.50 bits per heavy atom. The molecule has 1 fully saturated rings. The van der Waals surface area contributed by atoms with E-state index in [2.05, 4.69) is 30.8 Å². The monoisotopic (exact) mass is 269 g/mol. The van der Waals surface area contributed by atoms with E-state index in [1.54, 1.807) is 11.3 Å². The van der Waals surface area contributed by atoms with Gasteiger partial charge in [-0.15, -0.1) is 0 Å². The largest absolute Gasteiger partial charge is 0.391 e. The molecule has 1 aliphatic rings. The maximum atomic E-state index is 9.36. The molecule has 18 heavy (non-hydrogen) atoms. The molecule has 0 saturated carbocycles. The topological polar surface area (TPSA) is 39.6 Å². The van der Waals surface area contributed by atoms with Crippen LogP contribution < -0.4 is 4.90 Å². The van der Waals surface area contributed by atoms with Crippen LogP contribution in [0.2, 0.25) is 0 Å². The van der Waals surface area contributed by atoms with E-state index < -0.39 is 0 Å². The average molecular weight is 269 g/mol. The van der Waals surface area contributed by atoms with E-state index in [0.29, 0.717) is 6.04 Å². The van der Waals surface area contributed by atoms with E-state index in [1.807, 2.05) is 0 Å². The zero-order valence-electron chi connectivity index (χ0n) is 11.5. The van der Waals surface area contributed by atoms with Crippen LogP contribution >= 0.6 is 11.3 Å². The number of hydrogen-bond donors (Lipinski definition) is 1. The van der Waals surface area contributed by atoms with Crippen LogP contribution in [0.3, 0.4) is 0 Å². The fraction of sp³-hybridized carbons (Fsp3) is 0.769. The van der Waals surface area contributed by atoms with Crippen molar-refractivity contribution in [2.75, 3.05) is 32.1 Å². The summed E-state index contributed by atoms with van der Waals surface area (Å²) in [5.74, 6) is 0. The number of hydrogen-bond acceptors (Lipinski definition) is 5. The number of nitrogens with zero attached hydrogens (tertiary/aromatic N) is 3. The van der Waals surface area contributed by atoms with Crippen molar-refractivity contribution in [3.8, 4) is 0 Å². The van der Waals surface area contributed by atoms with Gasteiger partial charge in [-0.25, -0.2) is 4.98 Å². The van der Waals surface area contributed by atoms with Crippen LogP contribution in [-0.2, 0) is 13.0 Å². The van der Waals surface area contributed by atoms with Crippen LogP contribution in [0.1, 0.15) is 30.3 Å². The van der Waals surface area contributed by atoms with Crippen LogP contribution in [0, 0.1) is 0 Å². The summed E-state index contributed by atoms with van der Waals surface area (Å²) >= 11 is 1.66. The Balaban J connectivity index is 2.16. The molecule has 4 nitrogen and oxygen atoms in total.